The first-order valence-corrected chi connectivity index (χ1v) is 5.04. The highest BCUT2D eigenvalue weighted by molar-refractivity contribution is 5.69. The molecule has 0 unspecified atom stereocenters. The smallest absolute Gasteiger partial charge is 0.308 e. The summed E-state index contributed by atoms with van der Waals surface area (Å²) >= 11 is 0. The van der Waals surface area contributed by atoms with Gasteiger partial charge in [0.05, 0.1) is 0 Å². The largest absolute Gasteiger partial charge is 0.481 e. The Hall–Kier alpha value is -1.88. The Kier molecular flexibility index (Phi) is 7.38. The van der Waals surface area contributed by atoms with E-state index >= 15 is 0 Å². The summed E-state index contributed by atoms with van der Waals surface area (Å²) in [7, 11) is 0. The van der Waals surface area contributed by atoms with Gasteiger partial charge in [0.15, 0.2) is 0 Å². The molecule has 0 amide bonds. The number of aliphatic hydroxyl groups is 1. The second-order valence-electron chi connectivity index (χ2n) is 3.19. The summed E-state index contributed by atoms with van der Waals surface area (Å²) in [5.74, 6) is -0.644. The summed E-state index contributed by atoms with van der Waals surface area (Å²) in [5, 5.41) is 16.2. The Morgan fingerprint density at radius 1 is 1.24 bits per heavy atom. The molecule has 1 rings (SSSR count). The third-order valence-corrected chi connectivity index (χ3v) is 1.61. The molecule has 0 atom stereocenters. The molecular weight excluding hydrogens is 224 g/mol. The van der Waals surface area contributed by atoms with Gasteiger partial charge in [-0.25, -0.2) is 0 Å². The Balaban J connectivity index is 0.000000557. The molecule has 0 fully saturated rings. The molecule has 0 aromatic heterocycles. The number of aliphatic hydroxyl groups excluding tert-OH is 1. The number of carbonyl (C=O) groups excluding carboxylic acids is 1. The molecule has 0 spiro atoms. The van der Waals surface area contributed by atoms with Crippen LogP contribution in [0.2, 0.25) is 0 Å². The fourth-order valence-electron chi connectivity index (χ4n) is 1.09. The Bertz CT molecular complexity index is 369. The van der Waals surface area contributed by atoms with Crippen molar-refractivity contribution in [3.63, 3.8) is 0 Å². The molecule has 5 nitrogen and oxygen atoms in total. The topological polar surface area (TPSA) is 83.8 Å². The van der Waals surface area contributed by atoms with E-state index < -0.39 is 5.97 Å². The van der Waals surface area contributed by atoms with E-state index in [9.17, 15) is 4.79 Å². The zero-order valence-electron chi connectivity index (χ0n) is 9.84. The van der Waals surface area contributed by atoms with Crippen molar-refractivity contribution in [3.05, 3.63) is 29.8 Å². The van der Waals surface area contributed by atoms with Crippen molar-refractivity contribution in [2.75, 3.05) is 6.61 Å². The van der Waals surface area contributed by atoms with Gasteiger partial charge in [-0.3, -0.25) is 9.59 Å². The van der Waals surface area contributed by atoms with Crippen LogP contribution in [0.15, 0.2) is 24.3 Å². The monoisotopic (exact) mass is 240 g/mol. The summed E-state index contributed by atoms with van der Waals surface area (Å²) in [4.78, 5) is 19.7. The first-order chi connectivity index (χ1) is 7.97. The summed E-state index contributed by atoms with van der Waals surface area (Å²) in [6, 6.07) is 7.18. The highest BCUT2D eigenvalue weighted by atomic mass is 16.5. The number of benzene rings is 1. The van der Waals surface area contributed by atoms with Gasteiger partial charge in [0, 0.05) is 20.5 Å². The summed E-state index contributed by atoms with van der Waals surface area (Å²) < 4.78 is 4.95. The van der Waals surface area contributed by atoms with E-state index in [1.165, 1.54) is 6.92 Å². The predicted octanol–water partition coefficient (Wildman–Crippen LogP) is 1.24. The van der Waals surface area contributed by atoms with Crippen LogP contribution in [-0.4, -0.2) is 28.8 Å². The minimum Gasteiger partial charge on any atom is -0.481 e. The lowest BCUT2D eigenvalue weighted by Gasteiger charge is -2.06. The van der Waals surface area contributed by atoms with E-state index in [-0.39, 0.29) is 12.6 Å². The Labute approximate surface area is 99.7 Å². The van der Waals surface area contributed by atoms with Gasteiger partial charge >= 0.3 is 5.97 Å². The second-order valence-corrected chi connectivity index (χ2v) is 3.19. The molecule has 2 N–H and O–H groups in total. The number of para-hydroxylation sites is 1. The van der Waals surface area contributed by atoms with Gasteiger partial charge < -0.3 is 14.9 Å². The molecule has 0 radical (unpaired) electrons. The molecule has 0 aliphatic rings. The molecule has 94 valence electrons. The fraction of sp³-hybridized carbons (Fsp3) is 0.333. The number of carboxylic acids is 1. The molecule has 0 bridgehead atoms. The normalized spacial score (nSPS) is 8.88. The third-order valence-electron chi connectivity index (χ3n) is 1.61. The summed E-state index contributed by atoms with van der Waals surface area (Å²) in [6.07, 6.45) is 0.503. The molecule has 0 aliphatic carbocycles. The highest BCUT2D eigenvalue weighted by Gasteiger charge is 2.03. The SMILES string of the molecule is CC(=O)O.CC(=O)Oc1ccccc1CCO. The molecule has 17 heavy (non-hydrogen) atoms. The number of carbonyl (C=O) groups is 2. The van der Waals surface area contributed by atoms with Crippen molar-refractivity contribution in [1.29, 1.82) is 0 Å². The van der Waals surface area contributed by atoms with Crippen LogP contribution in [0.5, 0.6) is 5.75 Å². The third kappa shape index (κ3) is 7.98. The quantitative estimate of drug-likeness (QED) is 0.613. The highest BCUT2D eigenvalue weighted by Crippen LogP contribution is 2.18. The van der Waals surface area contributed by atoms with Crippen molar-refractivity contribution in [2.24, 2.45) is 0 Å². The van der Waals surface area contributed by atoms with E-state index in [0.29, 0.717) is 12.2 Å². The molecule has 1 aromatic carbocycles. The van der Waals surface area contributed by atoms with Crippen molar-refractivity contribution in [3.8, 4) is 5.75 Å². The molecule has 0 heterocycles. The molecular formula is C12H16O5. The van der Waals surface area contributed by atoms with Crippen LogP contribution >= 0.6 is 0 Å². The molecule has 0 aliphatic heterocycles. The number of aliphatic carboxylic acids is 1. The van der Waals surface area contributed by atoms with Crippen LogP contribution in [0.3, 0.4) is 0 Å². The molecule has 0 saturated carbocycles. The fourth-order valence-corrected chi connectivity index (χ4v) is 1.09. The van der Waals surface area contributed by atoms with Gasteiger partial charge in [0.1, 0.15) is 5.75 Å². The minimum atomic E-state index is -0.833. The standard InChI is InChI=1S/C10H12O3.C2H4O2/c1-8(12)13-10-5-3-2-4-9(10)6-7-11;1-2(3)4/h2-5,11H,6-7H2,1H3;1H3,(H,3,4). The summed E-state index contributed by atoms with van der Waals surface area (Å²) in [6.45, 7) is 2.49. The van der Waals surface area contributed by atoms with Gasteiger partial charge in [0.25, 0.3) is 5.97 Å². The number of carboxylic acid groups (broad SMARTS) is 1. The van der Waals surface area contributed by atoms with Gasteiger partial charge in [-0.05, 0) is 18.1 Å². The van der Waals surface area contributed by atoms with Gasteiger partial charge in [0.2, 0.25) is 0 Å². The Morgan fingerprint density at radius 3 is 2.24 bits per heavy atom. The number of esters is 1. The number of hydrogen-bond donors (Lipinski definition) is 2. The van der Waals surface area contributed by atoms with Crippen LogP contribution < -0.4 is 4.74 Å². The van der Waals surface area contributed by atoms with E-state index in [1.54, 1.807) is 12.1 Å². The van der Waals surface area contributed by atoms with E-state index in [4.69, 9.17) is 19.7 Å². The second kappa shape index (κ2) is 8.29. The van der Waals surface area contributed by atoms with Gasteiger partial charge in [-0.2, -0.15) is 0 Å². The lowest BCUT2D eigenvalue weighted by atomic mass is 10.1. The zero-order chi connectivity index (χ0) is 13.3. The van der Waals surface area contributed by atoms with Crippen LogP contribution in [0.1, 0.15) is 19.4 Å². The van der Waals surface area contributed by atoms with Crippen molar-refractivity contribution in [2.45, 2.75) is 20.3 Å². The van der Waals surface area contributed by atoms with Gasteiger partial charge in [-0.1, -0.05) is 18.2 Å². The average molecular weight is 240 g/mol. The first kappa shape index (κ1) is 15.1. The number of hydrogen-bond acceptors (Lipinski definition) is 4. The lowest BCUT2D eigenvalue weighted by Crippen LogP contribution is -2.04. The van der Waals surface area contributed by atoms with Crippen molar-refractivity contribution >= 4 is 11.9 Å². The Morgan fingerprint density at radius 2 is 1.76 bits per heavy atom. The molecule has 1 aromatic rings. The predicted molar refractivity (Wildman–Crippen MR) is 61.9 cm³/mol. The van der Waals surface area contributed by atoms with E-state index in [2.05, 4.69) is 0 Å². The summed E-state index contributed by atoms with van der Waals surface area (Å²) in [5.41, 5.74) is 0.847. The first-order valence-electron chi connectivity index (χ1n) is 5.04. The zero-order valence-corrected chi connectivity index (χ0v) is 9.84. The van der Waals surface area contributed by atoms with E-state index in [0.717, 1.165) is 12.5 Å². The number of ether oxygens (including phenoxy) is 1. The van der Waals surface area contributed by atoms with Crippen LogP contribution in [0.4, 0.5) is 0 Å². The van der Waals surface area contributed by atoms with Crippen molar-refractivity contribution in [1.82, 2.24) is 0 Å². The van der Waals surface area contributed by atoms with Crippen LogP contribution in [0, 0.1) is 0 Å². The van der Waals surface area contributed by atoms with Crippen molar-refractivity contribution < 1.29 is 24.5 Å². The van der Waals surface area contributed by atoms with Crippen LogP contribution in [0.25, 0.3) is 0 Å². The van der Waals surface area contributed by atoms with Gasteiger partial charge in [-0.15, -0.1) is 0 Å². The molecule has 0 saturated heterocycles. The van der Waals surface area contributed by atoms with E-state index in [1.807, 2.05) is 12.1 Å². The average Bonchev–Trinajstić information content (AvgIpc) is 2.19. The maximum Gasteiger partial charge on any atom is 0.308 e. The minimum absolute atomic E-state index is 0.0538. The maximum absolute atomic E-state index is 10.7. The van der Waals surface area contributed by atoms with Crippen LogP contribution in [-0.2, 0) is 16.0 Å². The lowest BCUT2D eigenvalue weighted by molar-refractivity contribution is -0.134. The number of rotatable bonds is 3. The molecule has 5 heteroatoms. The maximum atomic E-state index is 10.7.